The molecule has 1 aliphatic heterocycles. The molecule has 1 saturated carbocycles. The molecule has 114 valence electrons. The molecule has 0 radical (unpaired) electrons. The van der Waals surface area contributed by atoms with Crippen LogP contribution in [0.4, 0.5) is 0 Å². The highest BCUT2D eigenvalue weighted by atomic mass is 16.5. The lowest BCUT2D eigenvalue weighted by Crippen LogP contribution is -2.46. The summed E-state index contributed by atoms with van der Waals surface area (Å²) in [5, 5.41) is 12.3. The van der Waals surface area contributed by atoms with Crippen LogP contribution in [0.25, 0.3) is 0 Å². The van der Waals surface area contributed by atoms with E-state index in [0.29, 0.717) is 38.4 Å². The first-order valence-electron chi connectivity index (χ1n) is 7.70. The number of carbonyl (C=O) groups excluding carboxylic acids is 1. The summed E-state index contributed by atoms with van der Waals surface area (Å²) in [6, 6.07) is 0. The van der Waals surface area contributed by atoms with Gasteiger partial charge in [0, 0.05) is 26.2 Å². The molecule has 0 spiro atoms. The molecule has 0 unspecified atom stereocenters. The van der Waals surface area contributed by atoms with Gasteiger partial charge in [-0.05, 0) is 31.6 Å². The number of amides is 1. The molecule has 20 heavy (non-hydrogen) atoms. The predicted octanol–water partition coefficient (Wildman–Crippen LogP) is 1.95. The van der Waals surface area contributed by atoms with Crippen molar-refractivity contribution in [3.05, 3.63) is 0 Å². The minimum Gasteiger partial charge on any atom is -0.481 e. The fourth-order valence-electron chi connectivity index (χ4n) is 3.22. The van der Waals surface area contributed by atoms with E-state index in [1.54, 1.807) is 0 Å². The predicted molar refractivity (Wildman–Crippen MR) is 74.3 cm³/mol. The van der Waals surface area contributed by atoms with Crippen LogP contribution in [0.2, 0.25) is 0 Å². The number of ether oxygens (including phenoxy) is 1. The Morgan fingerprint density at radius 1 is 1.15 bits per heavy atom. The van der Waals surface area contributed by atoms with Crippen molar-refractivity contribution >= 4 is 11.9 Å². The van der Waals surface area contributed by atoms with Gasteiger partial charge >= 0.3 is 5.97 Å². The van der Waals surface area contributed by atoms with E-state index in [-0.39, 0.29) is 12.5 Å². The highest BCUT2D eigenvalue weighted by Crippen LogP contribution is 2.30. The maximum absolute atomic E-state index is 12.0. The Morgan fingerprint density at radius 2 is 1.80 bits per heavy atom. The molecule has 5 nitrogen and oxygen atoms in total. The Bertz CT molecular complexity index is 344. The van der Waals surface area contributed by atoms with E-state index in [9.17, 15) is 14.7 Å². The van der Waals surface area contributed by atoms with Crippen LogP contribution in [0.1, 0.15) is 51.4 Å². The zero-order valence-electron chi connectivity index (χ0n) is 12.0. The van der Waals surface area contributed by atoms with Crippen LogP contribution in [0.15, 0.2) is 0 Å². The second kappa shape index (κ2) is 7.07. The van der Waals surface area contributed by atoms with Crippen LogP contribution in [-0.4, -0.2) is 36.7 Å². The van der Waals surface area contributed by atoms with Gasteiger partial charge in [-0.3, -0.25) is 9.59 Å². The monoisotopic (exact) mass is 283 g/mol. The molecule has 1 aliphatic carbocycles. The molecule has 2 aliphatic rings. The lowest BCUT2D eigenvalue weighted by Gasteiger charge is -2.33. The van der Waals surface area contributed by atoms with Crippen molar-refractivity contribution in [1.82, 2.24) is 5.32 Å². The van der Waals surface area contributed by atoms with E-state index in [0.717, 1.165) is 12.8 Å². The molecule has 0 atom stereocenters. The molecule has 0 aromatic heterocycles. The molecular weight excluding hydrogens is 258 g/mol. The summed E-state index contributed by atoms with van der Waals surface area (Å²) >= 11 is 0. The normalized spacial score (nSPS) is 23.2. The summed E-state index contributed by atoms with van der Waals surface area (Å²) in [6.07, 6.45) is 7.48. The summed E-state index contributed by atoms with van der Waals surface area (Å²) in [4.78, 5) is 23.5. The standard InChI is InChI=1S/C15H25NO4/c17-13(10-12-4-2-1-3-5-12)16-11-15(14(18)19)6-8-20-9-7-15/h12H,1-11H2,(H,16,17)(H,18,19). The number of hydrogen-bond acceptors (Lipinski definition) is 3. The lowest BCUT2D eigenvalue weighted by molar-refractivity contribution is -0.154. The second-order valence-electron chi connectivity index (χ2n) is 6.18. The lowest BCUT2D eigenvalue weighted by atomic mass is 9.80. The molecule has 2 fully saturated rings. The smallest absolute Gasteiger partial charge is 0.311 e. The first kappa shape index (κ1) is 15.3. The van der Waals surface area contributed by atoms with E-state index in [1.807, 2.05) is 0 Å². The van der Waals surface area contributed by atoms with Crippen LogP contribution in [0, 0.1) is 11.3 Å². The summed E-state index contributed by atoms with van der Waals surface area (Å²) in [6.45, 7) is 1.16. The zero-order valence-corrected chi connectivity index (χ0v) is 12.0. The van der Waals surface area contributed by atoms with E-state index >= 15 is 0 Å². The van der Waals surface area contributed by atoms with Crippen molar-refractivity contribution in [1.29, 1.82) is 0 Å². The van der Waals surface area contributed by atoms with Gasteiger partial charge in [0.05, 0.1) is 5.41 Å². The molecule has 1 amide bonds. The fourth-order valence-corrected chi connectivity index (χ4v) is 3.22. The summed E-state index contributed by atoms with van der Waals surface area (Å²) in [7, 11) is 0. The number of rotatable bonds is 5. The third-order valence-corrected chi connectivity index (χ3v) is 4.73. The van der Waals surface area contributed by atoms with Crippen molar-refractivity contribution in [3.63, 3.8) is 0 Å². The van der Waals surface area contributed by atoms with Crippen LogP contribution >= 0.6 is 0 Å². The van der Waals surface area contributed by atoms with Gasteiger partial charge in [-0.15, -0.1) is 0 Å². The fraction of sp³-hybridized carbons (Fsp3) is 0.867. The quantitative estimate of drug-likeness (QED) is 0.808. The van der Waals surface area contributed by atoms with Crippen molar-refractivity contribution < 1.29 is 19.4 Å². The Morgan fingerprint density at radius 3 is 2.40 bits per heavy atom. The van der Waals surface area contributed by atoms with Crippen LogP contribution in [-0.2, 0) is 14.3 Å². The van der Waals surface area contributed by atoms with Crippen LogP contribution in [0.3, 0.4) is 0 Å². The first-order chi connectivity index (χ1) is 9.62. The average molecular weight is 283 g/mol. The summed E-state index contributed by atoms with van der Waals surface area (Å²) in [5.74, 6) is -0.331. The average Bonchev–Trinajstić information content (AvgIpc) is 2.47. The first-order valence-corrected chi connectivity index (χ1v) is 7.70. The third kappa shape index (κ3) is 3.95. The number of hydrogen-bond donors (Lipinski definition) is 2. The molecule has 5 heteroatoms. The van der Waals surface area contributed by atoms with Crippen molar-refractivity contribution in [2.45, 2.75) is 51.4 Å². The summed E-state index contributed by atoms with van der Waals surface area (Å²) < 4.78 is 5.23. The molecule has 2 N–H and O–H groups in total. The minimum atomic E-state index is -0.833. The molecule has 0 bridgehead atoms. The minimum absolute atomic E-state index is 0.00372. The van der Waals surface area contributed by atoms with E-state index in [2.05, 4.69) is 5.32 Å². The van der Waals surface area contributed by atoms with Gasteiger partial charge in [-0.2, -0.15) is 0 Å². The van der Waals surface area contributed by atoms with Gasteiger partial charge in [-0.1, -0.05) is 19.3 Å². The maximum Gasteiger partial charge on any atom is 0.311 e. The topological polar surface area (TPSA) is 75.6 Å². The number of nitrogens with one attached hydrogen (secondary N) is 1. The van der Waals surface area contributed by atoms with Crippen LogP contribution in [0.5, 0.6) is 0 Å². The van der Waals surface area contributed by atoms with E-state index in [4.69, 9.17) is 4.74 Å². The van der Waals surface area contributed by atoms with Gasteiger partial charge < -0.3 is 15.2 Å². The molecule has 1 saturated heterocycles. The number of carboxylic acid groups (broad SMARTS) is 1. The van der Waals surface area contributed by atoms with Crippen molar-refractivity contribution in [2.75, 3.05) is 19.8 Å². The molecule has 2 rings (SSSR count). The Hall–Kier alpha value is -1.10. The van der Waals surface area contributed by atoms with Crippen molar-refractivity contribution in [3.8, 4) is 0 Å². The van der Waals surface area contributed by atoms with Gasteiger partial charge in [0.15, 0.2) is 0 Å². The van der Waals surface area contributed by atoms with Gasteiger partial charge in [0.1, 0.15) is 0 Å². The zero-order chi connectivity index (χ0) is 14.4. The third-order valence-electron chi connectivity index (χ3n) is 4.73. The molecule has 1 heterocycles. The molecule has 0 aromatic rings. The summed E-state index contributed by atoms with van der Waals surface area (Å²) in [5.41, 5.74) is -0.833. The highest BCUT2D eigenvalue weighted by molar-refractivity contribution is 5.79. The highest BCUT2D eigenvalue weighted by Gasteiger charge is 2.40. The number of carbonyl (C=O) groups is 2. The second-order valence-corrected chi connectivity index (χ2v) is 6.18. The Kier molecular flexibility index (Phi) is 5.40. The number of aliphatic carboxylic acids is 1. The van der Waals surface area contributed by atoms with Crippen molar-refractivity contribution in [2.24, 2.45) is 11.3 Å². The van der Waals surface area contributed by atoms with Gasteiger partial charge in [0.25, 0.3) is 0 Å². The number of carboxylic acids is 1. The van der Waals surface area contributed by atoms with Crippen LogP contribution < -0.4 is 5.32 Å². The molecule has 0 aromatic carbocycles. The van der Waals surface area contributed by atoms with E-state index < -0.39 is 11.4 Å². The Balaban J connectivity index is 1.79. The van der Waals surface area contributed by atoms with E-state index in [1.165, 1.54) is 19.3 Å². The largest absolute Gasteiger partial charge is 0.481 e. The SMILES string of the molecule is O=C(CC1CCCCC1)NCC1(C(=O)O)CCOCC1. The van der Waals surface area contributed by atoms with Gasteiger partial charge in [-0.25, -0.2) is 0 Å². The Labute approximate surface area is 120 Å². The molecular formula is C15H25NO4. The maximum atomic E-state index is 12.0. The van der Waals surface area contributed by atoms with Gasteiger partial charge in [0.2, 0.25) is 5.91 Å².